The molecule has 174 valence electrons. The Kier molecular flexibility index (Phi) is 8.43. The van der Waals surface area contributed by atoms with Crippen LogP contribution < -0.4 is 21.3 Å². The second-order valence-corrected chi connectivity index (χ2v) is 7.76. The molecule has 2 aliphatic rings. The van der Waals surface area contributed by atoms with Crippen LogP contribution in [0, 0.1) is 0 Å². The fourth-order valence-corrected chi connectivity index (χ4v) is 3.92. The number of rotatable bonds is 12. The average molecular weight is 444 g/mol. The summed E-state index contributed by atoms with van der Waals surface area (Å²) < 4.78 is 16.4. The van der Waals surface area contributed by atoms with Gasteiger partial charge in [0.1, 0.15) is 0 Å². The van der Waals surface area contributed by atoms with Crippen LogP contribution in [0.4, 0.5) is 17.8 Å². The van der Waals surface area contributed by atoms with E-state index in [1.165, 1.54) is 11.1 Å². The van der Waals surface area contributed by atoms with Crippen molar-refractivity contribution < 1.29 is 14.2 Å². The number of benzene rings is 1. The smallest absolute Gasteiger partial charge is 0.232 e. The zero-order valence-corrected chi connectivity index (χ0v) is 18.5. The third kappa shape index (κ3) is 6.26. The molecule has 0 radical (unpaired) electrons. The van der Waals surface area contributed by atoms with Gasteiger partial charge in [-0.05, 0) is 24.0 Å². The van der Waals surface area contributed by atoms with Crippen molar-refractivity contribution in [1.82, 2.24) is 15.0 Å². The Balaban J connectivity index is 1.38. The maximum atomic E-state index is 5.58. The molecule has 2 heterocycles. The largest absolute Gasteiger partial charge is 0.378 e. The first-order chi connectivity index (χ1) is 15.8. The summed E-state index contributed by atoms with van der Waals surface area (Å²) in [5, 5.41) is 6.79. The van der Waals surface area contributed by atoms with Gasteiger partial charge in [0.2, 0.25) is 17.8 Å². The fourth-order valence-electron chi connectivity index (χ4n) is 3.92. The van der Waals surface area contributed by atoms with E-state index in [0.717, 1.165) is 25.9 Å². The van der Waals surface area contributed by atoms with E-state index in [1.54, 1.807) is 0 Å². The lowest BCUT2D eigenvalue weighted by Crippen LogP contribution is -2.37. The van der Waals surface area contributed by atoms with Gasteiger partial charge in [0.05, 0.1) is 45.7 Å². The molecular weight excluding hydrogens is 410 g/mol. The number of hydrogen-bond acceptors (Lipinski definition) is 10. The summed E-state index contributed by atoms with van der Waals surface area (Å²) in [6, 6.07) is 8.75. The molecular formula is C22H33N7O3. The van der Waals surface area contributed by atoms with Gasteiger partial charge >= 0.3 is 0 Å². The van der Waals surface area contributed by atoms with Crippen LogP contribution in [0.2, 0.25) is 0 Å². The number of nitrogens with one attached hydrogen (secondary N) is 2. The predicted octanol–water partition coefficient (Wildman–Crippen LogP) is 1.21. The molecule has 0 amide bonds. The number of nitrogens with zero attached hydrogens (tertiary/aromatic N) is 4. The predicted molar refractivity (Wildman–Crippen MR) is 123 cm³/mol. The van der Waals surface area contributed by atoms with E-state index in [9.17, 15) is 0 Å². The summed E-state index contributed by atoms with van der Waals surface area (Å²) in [7, 11) is 0. The second-order valence-electron chi connectivity index (χ2n) is 7.76. The van der Waals surface area contributed by atoms with Crippen LogP contribution in [0.25, 0.3) is 0 Å². The van der Waals surface area contributed by atoms with Crippen LogP contribution >= 0.6 is 0 Å². The Hall–Kier alpha value is -2.53. The summed E-state index contributed by atoms with van der Waals surface area (Å²) in [6.45, 7) is 6.15. The first-order valence-electron chi connectivity index (χ1n) is 11.4. The highest BCUT2D eigenvalue weighted by atomic mass is 16.5. The number of aryl methyl sites for hydroxylation is 1. The molecule has 4 rings (SSSR count). The van der Waals surface area contributed by atoms with Crippen molar-refractivity contribution >= 4 is 17.8 Å². The Morgan fingerprint density at radius 2 is 1.78 bits per heavy atom. The van der Waals surface area contributed by atoms with Gasteiger partial charge < -0.3 is 35.5 Å². The average Bonchev–Trinajstić information content (AvgIpc) is 3.24. The summed E-state index contributed by atoms with van der Waals surface area (Å²) >= 11 is 0. The molecule has 0 saturated carbocycles. The van der Waals surface area contributed by atoms with Gasteiger partial charge in [0.15, 0.2) is 0 Å². The minimum Gasteiger partial charge on any atom is -0.378 e. The minimum absolute atomic E-state index is 0.204. The van der Waals surface area contributed by atoms with E-state index in [2.05, 4.69) is 49.8 Å². The lowest BCUT2D eigenvalue weighted by molar-refractivity contribution is 0.0547. The monoisotopic (exact) mass is 443 g/mol. The molecule has 1 aliphatic carbocycles. The van der Waals surface area contributed by atoms with Crippen LogP contribution in [-0.2, 0) is 20.6 Å². The Morgan fingerprint density at radius 1 is 1.00 bits per heavy atom. The summed E-state index contributed by atoms with van der Waals surface area (Å²) in [5.41, 5.74) is 8.11. The van der Waals surface area contributed by atoms with E-state index in [0.29, 0.717) is 70.6 Å². The SMILES string of the molecule is NCCOCCOCCNc1nc(NC2CCc3ccccc32)nc(N2CCOCC2)n1. The number of morpholine rings is 1. The van der Waals surface area contributed by atoms with Crippen LogP contribution in [0.3, 0.4) is 0 Å². The van der Waals surface area contributed by atoms with Gasteiger partial charge in [-0.3, -0.25) is 0 Å². The third-order valence-corrected chi connectivity index (χ3v) is 5.52. The third-order valence-electron chi connectivity index (χ3n) is 5.52. The van der Waals surface area contributed by atoms with Crippen LogP contribution in [0.15, 0.2) is 24.3 Å². The van der Waals surface area contributed by atoms with Crippen molar-refractivity contribution in [1.29, 1.82) is 0 Å². The van der Waals surface area contributed by atoms with Crippen molar-refractivity contribution in [2.24, 2.45) is 5.73 Å². The van der Waals surface area contributed by atoms with E-state index in [-0.39, 0.29) is 6.04 Å². The van der Waals surface area contributed by atoms with Gasteiger partial charge in [-0.2, -0.15) is 15.0 Å². The van der Waals surface area contributed by atoms with Gasteiger partial charge in [-0.15, -0.1) is 0 Å². The number of fused-ring (bicyclic) bond motifs is 1. The molecule has 1 atom stereocenters. The molecule has 4 N–H and O–H groups in total. The van der Waals surface area contributed by atoms with Crippen molar-refractivity contribution in [2.75, 3.05) is 81.4 Å². The Labute approximate surface area is 188 Å². The van der Waals surface area contributed by atoms with Crippen molar-refractivity contribution in [3.63, 3.8) is 0 Å². The molecule has 1 aliphatic heterocycles. The zero-order valence-electron chi connectivity index (χ0n) is 18.5. The molecule has 1 unspecified atom stereocenters. The number of hydrogen-bond donors (Lipinski definition) is 3. The van der Waals surface area contributed by atoms with Gasteiger partial charge in [0.25, 0.3) is 0 Å². The quantitative estimate of drug-likeness (QED) is 0.413. The normalized spacial score (nSPS) is 17.9. The molecule has 0 spiro atoms. The molecule has 1 aromatic carbocycles. The summed E-state index contributed by atoms with van der Waals surface area (Å²) in [4.78, 5) is 16.1. The maximum Gasteiger partial charge on any atom is 0.232 e. The Morgan fingerprint density at radius 3 is 2.62 bits per heavy atom. The topological polar surface area (TPSA) is 120 Å². The number of ether oxygens (including phenoxy) is 3. The standard InChI is InChI=1S/C22H33N7O3/c23-7-11-30-15-16-31-12-8-24-20-26-21(28-22(27-20)29-9-13-32-14-10-29)25-19-6-5-17-3-1-2-4-18(17)19/h1-4,19H,5-16,23H2,(H2,24,25,26,27,28). The van der Waals surface area contributed by atoms with Crippen molar-refractivity contribution in [2.45, 2.75) is 18.9 Å². The fraction of sp³-hybridized carbons (Fsp3) is 0.591. The van der Waals surface area contributed by atoms with Gasteiger partial charge in [-0.25, -0.2) is 0 Å². The van der Waals surface area contributed by atoms with Gasteiger partial charge in [0, 0.05) is 26.2 Å². The van der Waals surface area contributed by atoms with Crippen LogP contribution in [-0.4, -0.2) is 80.8 Å². The molecule has 1 saturated heterocycles. The number of nitrogens with two attached hydrogens (primary N) is 1. The Bertz CT molecular complexity index is 848. The van der Waals surface area contributed by atoms with E-state index < -0.39 is 0 Å². The van der Waals surface area contributed by atoms with E-state index in [1.807, 2.05) is 0 Å². The highest BCUT2D eigenvalue weighted by molar-refractivity contribution is 5.47. The minimum atomic E-state index is 0.204. The van der Waals surface area contributed by atoms with E-state index in [4.69, 9.17) is 24.9 Å². The second kappa shape index (κ2) is 11.9. The molecule has 10 nitrogen and oxygen atoms in total. The van der Waals surface area contributed by atoms with Crippen molar-refractivity contribution in [3.05, 3.63) is 35.4 Å². The lowest BCUT2D eigenvalue weighted by Gasteiger charge is -2.27. The highest BCUT2D eigenvalue weighted by Crippen LogP contribution is 2.33. The number of aromatic nitrogens is 3. The molecule has 1 fully saturated rings. The van der Waals surface area contributed by atoms with Crippen molar-refractivity contribution in [3.8, 4) is 0 Å². The molecule has 2 aromatic rings. The molecule has 32 heavy (non-hydrogen) atoms. The van der Waals surface area contributed by atoms with E-state index >= 15 is 0 Å². The number of anilines is 3. The first-order valence-corrected chi connectivity index (χ1v) is 11.4. The molecule has 1 aromatic heterocycles. The first kappa shape index (κ1) is 22.7. The molecule has 10 heteroatoms. The molecule has 0 bridgehead atoms. The van der Waals surface area contributed by atoms with Crippen LogP contribution in [0.1, 0.15) is 23.6 Å². The van der Waals surface area contributed by atoms with Gasteiger partial charge in [-0.1, -0.05) is 24.3 Å². The zero-order chi connectivity index (χ0) is 22.0. The highest BCUT2D eigenvalue weighted by Gasteiger charge is 2.24. The summed E-state index contributed by atoms with van der Waals surface area (Å²) in [5.74, 6) is 1.79. The summed E-state index contributed by atoms with van der Waals surface area (Å²) in [6.07, 6.45) is 2.09. The maximum absolute atomic E-state index is 5.58. The lowest BCUT2D eigenvalue weighted by atomic mass is 10.1. The van der Waals surface area contributed by atoms with Crippen LogP contribution in [0.5, 0.6) is 0 Å².